The van der Waals surface area contributed by atoms with Crippen molar-refractivity contribution >= 4 is 5.96 Å². The summed E-state index contributed by atoms with van der Waals surface area (Å²) in [5, 5.41) is 14.7. The number of nitrogens with zero attached hydrogens (tertiary/aromatic N) is 4. The summed E-state index contributed by atoms with van der Waals surface area (Å²) in [5.41, 5.74) is 2.33. The van der Waals surface area contributed by atoms with Crippen molar-refractivity contribution in [3.05, 3.63) is 47.5 Å². The average Bonchev–Trinajstić information content (AvgIpc) is 3.08. The molecule has 0 aliphatic rings. The van der Waals surface area contributed by atoms with Gasteiger partial charge >= 0.3 is 0 Å². The summed E-state index contributed by atoms with van der Waals surface area (Å²) < 4.78 is 7.24. The zero-order chi connectivity index (χ0) is 17.9. The van der Waals surface area contributed by atoms with Gasteiger partial charge in [0.15, 0.2) is 5.96 Å². The quantitative estimate of drug-likeness (QED) is 0.535. The van der Waals surface area contributed by atoms with E-state index in [1.165, 1.54) is 5.56 Å². The average molecular weight is 344 g/mol. The standard InChI is InChI=1S/C18H28N6O/c1-4-17-23-22-14-24(17)10-9-20-18(19-5-2)21-12-15-7-6-8-16(11-15)13-25-3/h6-8,11,14H,4-5,9-10,12-13H2,1-3H3,(H2,19,20,21). The smallest absolute Gasteiger partial charge is 0.191 e. The third-order valence-electron chi connectivity index (χ3n) is 3.72. The zero-order valence-electron chi connectivity index (χ0n) is 15.3. The maximum Gasteiger partial charge on any atom is 0.191 e. The normalized spacial score (nSPS) is 11.6. The van der Waals surface area contributed by atoms with Crippen LogP contribution >= 0.6 is 0 Å². The zero-order valence-corrected chi connectivity index (χ0v) is 15.3. The van der Waals surface area contributed by atoms with Crippen molar-refractivity contribution < 1.29 is 4.74 Å². The summed E-state index contributed by atoms with van der Waals surface area (Å²) in [4.78, 5) is 4.66. The number of benzene rings is 1. The van der Waals surface area contributed by atoms with Crippen molar-refractivity contribution in [2.75, 3.05) is 20.2 Å². The van der Waals surface area contributed by atoms with E-state index in [9.17, 15) is 0 Å². The van der Waals surface area contributed by atoms with Crippen LogP contribution in [0.2, 0.25) is 0 Å². The summed E-state index contributed by atoms with van der Waals surface area (Å²) in [5.74, 6) is 1.81. The largest absolute Gasteiger partial charge is 0.380 e. The topological polar surface area (TPSA) is 76.4 Å². The molecule has 0 fully saturated rings. The molecule has 0 aliphatic heterocycles. The molecule has 0 atom stereocenters. The van der Waals surface area contributed by atoms with Crippen molar-refractivity contribution in [3.63, 3.8) is 0 Å². The van der Waals surface area contributed by atoms with Gasteiger partial charge in [0.05, 0.1) is 13.2 Å². The number of ether oxygens (including phenoxy) is 1. The molecule has 0 radical (unpaired) electrons. The van der Waals surface area contributed by atoms with Crippen LogP contribution in [0.25, 0.3) is 0 Å². The second kappa shape index (κ2) is 10.5. The van der Waals surface area contributed by atoms with Crippen molar-refractivity contribution in [1.29, 1.82) is 0 Å². The molecule has 1 aromatic heterocycles. The Morgan fingerprint density at radius 1 is 1.24 bits per heavy atom. The molecule has 2 rings (SSSR count). The molecule has 0 bridgehead atoms. The third kappa shape index (κ3) is 6.19. The Bertz CT molecular complexity index is 667. The highest BCUT2D eigenvalue weighted by Gasteiger charge is 2.02. The van der Waals surface area contributed by atoms with Gasteiger partial charge < -0.3 is 19.9 Å². The molecule has 0 saturated carbocycles. The molecule has 2 N–H and O–H groups in total. The molecule has 7 heteroatoms. The molecule has 0 amide bonds. The monoisotopic (exact) mass is 344 g/mol. The van der Waals surface area contributed by atoms with Crippen molar-refractivity contribution in [2.24, 2.45) is 4.99 Å². The van der Waals surface area contributed by atoms with Crippen LogP contribution in [0, 0.1) is 0 Å². The minimum atomic E-state index is 0.620. The van der Waals surface area contributed by atoms with Crippen molar-refractivity contribution in [3.8, 4) is 0 Å². The second-order valence-electron chi connectivity index (χ2n) is 5.67. The number of rotatable bonds is 9. The van der Waals surface area contributed by atoms with Gasteiger partial charge in [0.2, 0.25) is 0 Å². The van der Waals surface area contributed by atoms with Gasteiger partial charge in [-0.15, -0.1) is 10.2 Å². The maximum absolute atomic E-state index is 5.18. The van der Waals surface area contributed by atoms with Crippen LogP contribution in [0.5, 0.6) is 0 Å². The van der Waals surface area contributed by atoms with Crippen LogP contribution in [-0.2, 0) is 30.9 Å². The van der Waals surface area contributed by atoms with Gasteiger partial charge in [0.1, 0.15) is 12.2 Å². The molecular formula is C18H28N6O. The van der Waals surface area contributed by atoms with Crippen LogP contribution in [0.4, 0.5) is 0 Å². The number of guanidine groups is 1. The Morgan fingerprint density at radius 2 is 2.08 bits per heavy atom. The molecule has 0 saturated heterocycles. The lowest BCUT2D eigenvalue weighted by Crippen LogP contribution is -2.38. The number of aliphatic imine (C=N–C) groups is 1. The highest BCUT2D eigenvalue weighted by Crippen LogP contribution is 2.07. The molecule has 0 unspecified atom stereocenters. The summed E-state index contributed by atoms with van der Waals surface area (Å²) >= 11 is 0. The van der Waals surface area contributed by atoms with E-state index in [-0.39, 0.29) is 0 Å². The molecule has 1 aromatic carbocycles. The fourth-order valence-electron chi connectivity index (χ4n) is 2.53. The number of nitrogens with one attached hydrogen (secondary N) is 2. The fourth-order valence-corrected chi connectivity index (χ4v) is 2.53. The molecule has 7 nitrogen and oxygen atoms in total. The predicted octanol–water partition coefficient (Wildman–Crippen LogP) is 1.74. The molecular weight excluding hydrogens is 316 g/mol. The number of methoxy groups -OCH3 is 1. The van der Waals surface area contributed by atoms with E-state index in [0.717, 1.165) is 43.4 Å². The summed E-state index contributed by atoms with van der Waals surface area (Å²) in [6.07, 6.45) is 2.65. The molecule has 25 heavy (non-hydrogen) atoms. The third-order valence-corrected chi connectivity index (χ3v) is 3.72. The predicted molar refractivity (Wildman–Crippen MR) is 99.4 cm³/mol. The van der Waals surface area contributed by atoms with Gasteiger partial charge in [0.25, 0.3) is 0 Å². The summed E-state index contributed by atoms with van der Waals surface area (Å²) in [6.45, 7) is 7.78. The van der Waals surface area contributed by atoms with E-state index in [0.29, 0.717) is 13.2 Å². The number of aryl methyl sites for hydroxylation is 1. The minimum Gasteiger partial charge on any atom is -0.380 e. The van der Waals surface area contributed by atoms with Gasteiger partial charge in [-0.05, 0) is 18.1 Å². The van der Waals surface area contributed by atoms with Crippen LogP contribution in [0.3, 0.4) is 0 Å². The molecule has 0 spiro atoms. The molecule has 0 aliphatic carbocycles. The van der Waals surface area contributed by atoms with Crippen molar-refractivity contribution in [1.82, 2.24) is 25.4 Å². The number of hydrogen-bond donors (Lipinski definition) is 2. The Hall–Kier alpha value is -2.41. The summed E-state index contributed by atoms with van der Waals surface area (Å²) in [7, 11) is 1.71. The molecule has 2 aromatic rings. The maximum atomic E-state index is 5.18. The lowest BCUT2D eigenvalue weighted by molar-refractivity contribution is 0.185. The van der Waals surface area contributed by atoms with Gasteiger partial charge in [-0.25, -0.2) is 4.99 Å². The first-order chi connectivity index (χ1) is 12.3. The van der Waals surface area contributed by atoms with Crippen LogP contribution in [-0.4, -0.2) is 40.9 Å². The van der Waals surface area contributed by atoms with E-state index in [2.05, 4.69) is 62.4 Å². The number of aromatic nitrogens is 3. The van der Waals surface area contributed by atoms with Gasteiger partial charge in [-0.1, -0.05) is 31.2 Å². The lowest BCUT2D eigenvalue weighted by Gasteiger charge is -2.12. The highest BCUT2D eigenvalue weighted by molar-refractivity contribution is 5.79. The van der Waals surface area contributed by atoms with E-state index >= 15 is 0 Å². The molecule has 1 heterocycles. The summed E-state index contributed by atoms with van der Waals surface area (Å²) in [6, 6.07) is 8.31. The lowest BCUT2D eigenvalue weighted by atomic mass is 10.1. The van der Waals surface area contributed by atoms with Gasteiger partial charge in [-0.2, -0.15) is 0 Å². The van der Waals surface area contributed by atoms with E-state index in [4.69, 9.17) is 4.74 Å². The van der Waals surface area contributed by atoms with Gasteiger partial charge in [-0.3, -0.25) is 0 Å². The minimum absolute atomic E-state index is 0.620. The van der Waals surface area contributed by atoms with Crippen LogP contribution in [0.15, 0.2) is 35.6 Å². The SMILES string of the molecule is CCNC(=NCc1cccc(COC)c1)NCCn1cnnc1CC. The first kappa shape index (κ1) is 18.9. The molecule has 136 valence electrons. The van der Waals surface area contributed by atoms with E-state index in [1.54, 1.807) is 13.4 Å². The Labute approximate surface area is 149 Å². The van der Waals surface area contributed by atoms with Gasteiger partial charge in [0, 0.05) is 33.2 Å². The first-order valence-corrected chi connectivity index (χ1v) is 8.72. The van der Waals surface area contributed by atoms with Crippen LogP contribution < -0.4 is 10.6 Å². The van der Waals surface area contributed by atoms with Crippen LogP contribution in [0.1, 0.15) is 30.8 Å². The highest BCUT2D eigenvalue weighted by atomic mass is 16.5. The Balaban J connectivity index is 1.90. The first-order valence-electron chi connectivity index (χ1n) is 8.72. The Morgan fingerprint density at radius 3 is 2.84 bits per heavy atom. The second-order valence-corrected chi connectivity index (χ2v) is 5.67. The fraction of sp³-hybridized carbons (Fsp3) is 0.500. The number of hydrogen-bond acceptors (Lipinski definition) is 4. The van der Waals surface area contributed by atoms with E-state index in [1.807, 2.05) is 6.07 Å². The van der Waals surface area contributed by atoms with E-state index < -0.39 is 0 Å². The Kier molecular flexibility index (Phi) is 7.91. The van der Waals surface area contributed by atoms with Crippen molar-refractivity contribution in [2.45, 2.75) is 40.0 Å².